The first-order valence-corrected chi connectivity index (χ1v) is 6.99. The van der Waals surface area contributed by atoms with Crippen molar-refractivity contribution in [2.45, 2.75) is 25.4 Å². The Kier molecular flexibility index (Phi) is 3.33. The van der Waals surface area contributed by atoms with Crippen LogP contribution in [0, 0.1) is 0 Å². The van der Waals surface area contributed by atoms with Gasteiger partial charge in [-0.3, -0.25) is 4.57 Å². The molecule has 0 saturated carbocycles. The fraction of sp³-hybridized carbons (Fsp3) is 1.00. The van der Waals surface area contributed by atoms with E-state index in [2.05, 4.69) is 4.31 Å². The monoisotopic (exact) mass is 230 g/mol. The minimum absolute atomic E-state index is 0.224. The van der Waals surface area contributed by atoms with Gasteiger partial charge in [-0.2, -0.15) is 0 Å². The van der Waals surface area contributed by atoms with Crippen molar-refractivity contribution in [1.29, 1.82) is 0 Å². The molecule has 13 heavy (non-hydrogen) atoms. The van der Waals surface area contributed by atoms with Crippen LogP contribution in [0.5, 0.6) is 0 Å². The summed E-state index contributed by atoms with van der Waals surface area (Å²) in [6.45, 7) is 1.82. The minimum Gasteiger partial charge on any atom is -0.308 e. The van der Waals surface area contributed by atoms with E-state index in [1.54, 1.807) is 6.92 Å². The second-order valence-corrected chi connectivity index (χ2v) is 6.79. The lowest BCUT2D eigenvalue weighted by atomic mass is 10.2. The molecule has 78 valence electrons. The minimum atomic E-state index is -4.73. The Labute approximate surface area is 76.0 Å². The van der Waals surface area contributed by atoms with Crippen LogP contribution in [0.2, 0.25) is 0 Å². The van der Waals surface area contributed by atoms with Crippen LogP contribution >= 0.6 is 15.4 Å². The van der Waals surface area contributed by atoms with Crippen LogP contribution in [0.1, 0.15) is 19.8 Å². The predicted octanol–water partition coefficient (Wildman–Crippen LogP) is 1.49. The summed E-state index contributed by atoms with van der Waals surface area (Å²) in [6.07, 6.45) is 1.33. The van der Waals surface area contributed by atoms with Gasteiger partial charge in [0.15, 0.2) is 0 Å². The average molecular weight is 230 g/mol. The molecule has 0 aliphatic carbocycles. The molecule has 0 spiro atoms. The smallest absolute Gasteiger partial charge is 0.308 e. The van der Waals surface area contributed by atoms with Crippen LogP contribution in [-0.2, 0) is 18.0 Å². The van der Waals surface area contributed by atoms with E-state index in [0.29, 0.717) is 6.42 Å². The van der Waals surface area contributed by atoms with E-state index in [4.69, 9.17) is 14.3 Å². The molecule has 2 atom stereocenters. The Balaban J connectivity index is 2.74. The van der Waals surface area contributed by atoms with Crippen LogP contribution in [0.4, 0.5) is 0 Å². The summed E-state index contributed by atoms with van der Waals surface area (Å²) in [5.41, 5.74) is -0.450. The average Bonchev–Trinajstić information content (AvgIpc) is 1.92. The molecule has 1 aliphatic heterocycles. The van der Waals surface area contributed by atoms with Gasteiger partial charge in [-0.05, 0) is 12.8 Å². The Morgan fingerprint density at radius 1 is 1.62 bits per heavy atom. The highest BCUT2D eigenvalue weighted by molar-refractivity contribution is 7.64. The van der Waals surface area contributed by atoms with Crippen molar-refractivity contribution >= 4 is 15.4 Å². The lowest BCUT2D eigenvalue weighted by Crippen LogP contribution is -2.15. The third kappa shape index (κ3) is 3.17. The summed E-state index contributed by atoms with van der Waals surface area (Å²) in [7, 11) is -8.31. The molecule has 1 saturated heterocycles. The summed E-state index contributed by atoms with van der Waals surface area (Å²) in [5.74, 6) is 0. The van der Waals surface area contributed by atoms with E-state index >= 15 is 0 Å². The zero-order valence-corrected chi connectivity index (χ0v) is 8.91. The van der Waals surface area contributed by atoms with Gasteiger partial charge in [0, 0.05) is 0 Å². The molecule has 1 heterocycles. The van der Waals surface area contributed by atoms with Gasteiger partial charge in [-0.25, -0.2) is 8.88 Å². The van der Waals surface area contributed by atoms with Gasteiger partial charge >= 0.3 is 15.4 Å². The maximum atomic E-state index is 11.6. The maximum absolute atomic E-state index is 11.6. The third-order valence-electron chi connectivity index (χ3n) is 1.80. The first kappa shape index (κ1) is 11.4. The van der Waals surface area contributed by atoms with E-state index in [1.165, 1.54) is 0 Å². The first-order chi connectivity index (χ1) is 5.83. The predicted molar refractivity (Wildman–Crippen MR) is 45.4 cm³/mol. The molecule has 0 aromatic heterocycles. The van der Waals surface area contributed by atoms with Crippen molar-refractivity contribution < 1.29 is 27.8 Å². The number of hydrogen-bond donors (Lipinski definition) is 2. The Morgan fingerprint density at radius 3 is 2.69 bits per heavy atom. The fourth-order valence-electron chi connectivity index (χ4n) is 1.11. The molecular weight excluding hydrogens is 218 g/mol. The topological polar surface area (TPSA) is 93.1 Å². The highest BCUT2D eigenvalue weighted by atomic mass is 31.3. The SMILES string of the molecule is CC1CCCOP1(=O)OP(=O)(O)O. The van der Waals surface area contributed by atoms with Crippen LogP contribution < -0.4 is 0 Å². The van der Waals surface area contributed by atoms with Crippen LogP contribution in [-0.4, -0.2) is 22.1 Å². The highest BCUT2D eigenvalue weighted by Crippen LogP contribution is 2.65. The quantitative estimate of drug-likeness (QED) is 0.698. The molecule has 0 aromatic carbocycles. The van der Waals surface area contributed by atoms with Crippen LogP contribution in [0.3, 0.4) is 0 Å². The molecule has 1 aliphatic rings. The molecule has 2 unspecified atom stereocenters. The van der Waals surface area contributed by atoms with E-state index in [9.17, 15) is 9.13 Å². The van der Waals surface area contributed by atoms with E-state index < -0.39 is 21.1 Å². The molecule has 0 radical (unpaired) electrons. The van der Waals surface area contributed by atoms with Gasteiger partial charge in [-0.15, -0.1) is 0 Å². The van der Waals surface area contributed by atoms with Crippen molar-refractivity contribution in [3.63, 3.8) is 0 Å². The maximum Gasteiger partial charge on any atom is 0.476 e. The Morgan fingerprint density at radius 2 is 2.23 bits per heavy atom. The molecular formula is C5H12O6P2. The van der Waals surface area contributed by atoms with Gasteiger partial charge < -0.3 is 14.3 Å². The lowest BCUT2D eigenvalue weighted by molar-refractivity contribution is 0.200. The van der Waals surface area contributed by atoms with Gasteiger partial charge in [0.05, 0.1) is 12.3 Å². The van der Waals surface area contributed by atoms with Gasteiger partial charge in [0.1, 0.15) is 0 Å². The van der Waals surface area contributed by atoms with Crippen molar-refractivity contribution in [1.82, 2.24) is 0 Å². The summed E-state index contributed by atoms with van der Waals surface area (Å²) in [4.78, 5) is 17.0. The normalized spacial score (nSPS) is 36.1. The molecule has 0 aromatic rings. The molecule has 1 fully saturated rings. The fourth-order valence-corrected chi connectivity index (χ4v) is 4.26. The molecule has 0 amide bonds. The van der Waals surface area contributed by atoms with E-state index in [-0.39, 0.29) is 6.61 Å². The third-order valence-corrected chi connectivity index (χ3v) is 5.44. The number of phosphoric acid groups is 1. The van der Waals surface area contributed by atoms with Crippen molar-refractivity contribution in [2.24, 2.45) is 0 Å². The first-order valence-electron chi connectivity index (χ1n) is 3.85. The molecule has 2 N–H and O–H groups in total. The largest absolute Gasteiger partial charge is 0.476 e. The van der Waals surface area contributed by atoms with Crippen molar-refractivity contribution in [2.75, 3.05) is 6.61 Å². The molecule has 1 rings (SSSR count). The standard InChI is InChI=1S/C5H12O6P2/c1-5-3-2-4-10-12(5,6)11-13(7,8)9/h5H,2-4H2,1H3,(H2,7,8,9). The summed E-state index contributed by atoms with van der Waals surface area (Å²) >= 11 is 0. The van der Waals surface area contributed by atoms with Crippen LogP contribution in [0.25, 0.3) is 0 Å². The zero-order valence-electron chi connectivity index (χ0n) is 7.12. The van der Waals surface area contributed by atoms with Gasteiger partial charge in [0.25, 0.3) is 0 Å². The summed E-state index contributed by atoms with van der Waals surface area (Å²) in [6, 6.07) is 0. The summed E-state index contributed by atoms with van der Waals surface area (Å²) in [5, 5.41) is 0. The van der Waals surface area contributed by atoms with Gasteiger partial charge in [-0.1, -0.05) is 6.92 Å². The summed E-state index contributed by atoms with van der Waals surface area (Å²) < 4.78 is 31.1. The van der Waals surface area contributed by atoms with Crippen molar-refractivity contribution in [3.8, 4) is 0 Å². The highest BCUT2D eigenvalue weighted by Gasteiger charge is 2.41. The molecule has 8 heteroatoms. The van der Waals surface area contributed by atoms with Crippen molar-refractivity contribution in [3.05, 3.63) is 0 Å². The lowest BCUT2D eigenvalue weighted by Gasteiger charge is -2.27. The second-order valence-electron chi connectivity index (χ2n) is 2.94. The zero-order chi connectivity index (χ0) is 10.1. The molecule has 6 nitrogen and oxygen atoms in total. The second kappa shape index (κ2) is 3.81. The van der Waals surface area contributed by atoms with Crippen LogP contribution in [0.15, 0.2) is 0 Å². The number of hydrogen-bond acceptors (Lipinski definition) is 4. The van der Waals surface area contributed by atoms with Gasteiger partial charge in [0.2, 0.25) is 0 Å². The number of rotatable bonds is 2. The van der Waals surface area contributed by atoms with E-state index in [0.717, 1.165) is 6.42 Å². The Bertz CT molecular complexity index is 270. The van der Waals surface area contributed by atoms with E-state index in [1.807, 2.05) is 0 Å². The Hall–Kier alpha value is 0.300. The molecule has 0 bridgehead atoms.